The van der Waals surface area contributed by atoms with Gasteiger partial charge in [0.1, 0.15) is 0 Å². The summed E-state index contributed by atoms with van der Waals surface area (Å²) in [7, 11) is 0. The zero-order chi connectivity index (χ0) is 13.3. The molecule has 1 fully saturated rings. The van der Waals surface area contributed by atoms with E-state index < -0.39 is 0 Å². The molecule has 0 radical (unpaired) electrons. The predicted molar refractivity (Wildman–Crippen MR) is 82.1 cm³/mol. The van der Waals surface area contributed by atoms with Gasteiger partial charge < -0.3 is 15.0 Å². The van der Waals surface area contributed by atoms with Crippen molar-refractivity contribution in [2.75, 3.05) is 43.1 Å². The Morgan fingerprint density at radius 1 is 1.05 bits per heavy atom. The summed E-state index contributed by atoms with van der Waals surface area (Å²) in [5.41, 5.74) is 2.54. The monoisotopic (exact) mass is 262 g/mol. The van der Waals surface area contributed by atoms with E-state index in [2.05, 4.69) is 41.4 Å². The zero-order valence-corrected chi connectivity index (χ0v) is 12.0. The van der Waals surface area contributed by atoms with Gasteiger partial charge in [-0.2, -0.15) is 0 Å². The molecule has 106 valence electrons. The van der Waals surface area contributed by atoms with Crippen LogP contribution in [0.4, 0.5) is 11.4 Å². The minimum Gasteiger partial charge on any atom is -0.383 e. The summed E-state index contributed by atoms with van der Waals surface area (Å²) in [6.45, 7) is 7.06. The zero-order valence-electron chi connectivity index (χ0n) is 12.0. The van der Waals surface area contributed by atoms with E-state index in [0.717, 1.165) is 26.2 Å². The molecule has 1 aromatic carbocycles. The van der Waals surface area contributed by atoms with Gasteiger partial charge in [-0.3, -0.25) is 0 Å². The number of benzene rings is 1. The first-order chi connectivity index (χ1) is 9.40. The van der Waals surface area contributed by atoms with Gasteiger partial charge in [-0.25, -0.2) is 0 Å². The van der Waals surface area contributed by atoms with Crippen LogP contribution in [0.3, 0.4) is 0 Å². The van der Waals surface area contributed by atoms with Crippen LogP contribution >= 0.6 is 0 Å². The molecule has 1 saturated heterocycles. The molecule has 0 aromatic heterocycles. The average Bonchev–Trinajstić information content (AvgIpc) is 2.49. The molecule has 0 saturated carbocycles. The van der Waals surface area contributed by atoms with Gasteiger partial charge in [0.2, 0.25) is 0 Å². The van der Waals surface area contributed by atoms with Crippen LogP contribution in [0.25, 0.3) is 0 Å². The van der Waals surface area contributed by atoms with Crippen molar-refractivity contribution >= 4 is 11.4 Å². The Hall–Kier alpha value is -1.22. The van der Waals surface area contributed by atoms with Crippen LogP contribution in [-0.4, -0.2) is 32.8 Å². The van der Waals surface area contributed by atoms with E-state index in [4.69, 9.17) is 4.74 Å². The van der Waals surface area contributed by atoms with Crippen LogP contribution in [0.1, 0.15) is 32.6 Å². The van der Waals surface area contributed by atoms with Gasteiger partial charge in [0.25, 0.3) is 0 Å². The van der Waals surface area contributed by atoms with Crippen molar-refractivity contribution in [3.05, 3.63) is 24.3 Å². The third-order valence-corrected chi connectivity index (χ3v) is 3.51. The molecular weight excluding hydrogens is 236 g/mol. The van der Waals surface area contributed by atoms with Crippen molar-refractivity contribution in [2.24, 2.45) is 0 Å². The summed E-state index contributed by atoms with van der Waals surface area (Å²) >= 11 is 0. The average molecular weight is 262 g/mol. The molecule has 0 bridgehead atoms. The largest absolute Gasteiger partial charge is 0.383 e. The minimum atomic E-state index is 0.779. The first-order valence-electron chi connectivity index (χ1n) is 7.57. The van der Waals surface area contributed by atoms with Crippen molar-refractivity contribution in [3.8, 4) is 0 Å². The minimum absolute atomic E-state index is 0.779. The Morgan fingerprint density at radius 2 is 1.79 bits per heavy atom. The van der Waals surface area contributed by atoms with Gasteiger partial charge in [-0.15, -0.1) is 0 Å². The molecule has 1 aliphatic heterocycles. The molecule has 3 heteroatoms. The van der Waals surface area contributed by atoms with Gasteiger partial charge in [0, 0.05) is 37.6 Å². The summed E-state index contributed by atoms with van der Waals surface area (Å²) in [6, 6.07) is 8.79. The van der Waals surface area contributed by atoms with Gasteiger partial charge in [0.15, 0.2) is 0 Å². The number of hydrogen-bond acceptors (Lipinski definition) is 3. The molecule has 3 nitrogen and oxygen atoms in total. The van der Waals surface area contributed by atoms with Crippen molar-refractivity contribution in [3.63, 3.8) is 0 Å². The quantitative estimate of drug-likeness (QED) is 0.761. The summed E-state index contributed by atoms with van der Waals surface area (Å²) in [4.78, 5) is 2.48. The molecular formula is C16H26N2O. The molecule has 1 heterocycles. The first-order valence-corrected chi connectivity index (χ1v) is 7.57. The molecule has 1 aromatic rings. The second kappa shape index (κ2) is 8.05. The van der Waals surface area contributed by atoms with E-state index >= 15 is 0 Å². The summed E-state index contributed by atoms with van der Waals surface area (Å²) in [5, 5.41) is 3.39. The van der Waals surface area contributed by atoms with Crippen molar-refractivity contribution in [1.29, 1.82) is 0 Å². The van der Waals surface area contributed by atoms with E-state index in [1.54, 1.807) is 0 Å². The fourth-order valence-electron chi connectivity index (χ4n) is 2.46. The predicted octanol–water partition coefficient (Wildman–Crippen LogP) is 3.52. The maximum Gasteiger partial charge on any atom is 0.0639 e. The van der Waals surface area contributed by atoms with Gasteiger partial charge in [-0.1, -0.05) is 6.92 Å². The Labute approximate surface area is 116 Å². The lowest BCUT2D eigenvalue weighted by atomic mass is 10.1. The van der Waals surface area contributed by atoms with Crippen molar-refractivity contribution < 1.29 is 4.74 Å². The number of rotatable bonds is 7. The maximum absolute atomic E-state index is 5.45. The normalized spacial score (nSPS) is 15.5. The van der Waals surface area contributed by atoms with Crippen LogP contribution in [0.2, 0.25) is 0 Å². The number of anilines is 2. The SMILES string of the molecule is CCCOCCNc1ccc(N2CCCCC2)cc1. The molecule has 0 atom stereocenters. The smallest absolute Gasteiger partial charge is 0.0639 e. The summed E-state index contributed by atoms with van der Waals surface area (Å²) in [6.07, 6.45) is 5.13. The number of nitrogens with zero attached hydrogens (tertiary/aromatic N) is 1. The van der Waals surface area contributed by atoms with Crippen molar-refractivity contribution in [1.82, 2.24) is 0 Å². The fourth-order valence-corrected chi connectivity index (χ4v) is 2.46. The number of hydrogen-bond donors (Lipinski definition) is 1. The third-order valence-electron chi connectivity index (χ3n) is 3.51. The second-order valence-electron chi connectivity index (χ2n) is 5.13. The fraction of sp³-hybridized carbons (Fsp3) is 0.625. The van der Waals surface area contributed by atoms with Crippen LogP contribution in [0.15, 0.2) is 24.3 Å². The van der Waals surface area contributed by atoms with E-state index in [1.807, 2.05) is 0 Å². The van der Waals surface area contributed by atoms with Crippen LogP contribution < -0.4 is 10.2 Å². The Balaban J connectivity index is 1.74. The van der Waals surface area contributed by atoms with Gasteiger partial charge in [-0.05, 0) is 49.9 Å². The molecule has 0 amide bonds. The first kappa shape index (κ1) is 14.2. The highest BCUT2D eigenvalue weighted by molar-refractivity contribution is 5.55. The van der Waals surface area contributed by atoms with E-state index in [9.17, 15) is 0 Å². The van der Waals surface area contributed by atoms with Crippen LogP contribution in [0.5, 0.6) is 0 Å². The molecule has 2 rings (SSSR count). The summed E-state index contributed by atoms with van der Waals surface area (Å²) in [5.74, 6) is 0. The topological polar surface area (TPSA) is 24.5 Å². The van der Waals surface area contributed by atoms with E-state index in [0.29, 0.717) is 0 Å². The molecule has 1 N–H and O–H groups in total. The number of ether oxygens (including phenoxy) is 1. The van der Waals surface area contributed by atoms with Gasteiger partial charge >= 0.3 is 0 Å². The highest BCUT2D eigenvalue weighted by atomic mass is 16.5. The van der Waals surface area contributed by atoms with Crippen molar-refractivity contribution in [2.45, 2.75) is 32.6 Å². The standard InChI is InChI=1S/C16H26N2O/c1-2-13-19-14-10-17-15-6-8-16(9-7-15)18-11-4-3-5-12-18/h6-9,17H,2-5,10-14H2,1H3. The number of piperidine rings is 1. The molecule has 19 heavy (non-hydrogen) atoms. The molecule has 0 unspecified atom stereocenters. The van der Waals surface area contributed by atoms with Crippen LogP contribution in [-0.2, 0) is 4.74 Å². The maximum atomic E-state index is 5.45. The Kier molecular flexibility index (Phi) is 6.02. The Bertz CT molecular complexity index is 344. The summed E-state index contributed by atoms with van der Waals surface area (Å²) < 4.78 is 5.45. The second-order valence-corrected chi connectivity index (χ2v) is 5.13. The lowest BCUT2D eigenvalue weighted by molar-refractivity contribution is 0.144. The Morgan fingerprint density at radius 3 is 2.47 bits per heavy atom. The molecule has 0 spiro atoms. The highest BCUT2D eigenvalue weighted by Gasteiger charge is 2.10. The lowest BCUT2D eigenvalue weighted by Crippen LogP contribution is -2.29. The van der Waals surface area contributed by atoms with Gasteiger partial charge in [0.05, 0.1) is 6.61 Å². The number of nitrogens with one attached hydrogen (secondary N) is 1. The van der Waals surface area contributed by atoms with E-state index in [-0.39, 0.29) is 0 Å². The van der Waals surface area contributed by atoms with E-state index in [1.165, 1.54) is 43.7 Å². The highest BCUT2D eigenvalue weighted by Crippen LogP contribution is 2.21. The van der Waals surface area contributed by atoms with Crippen LogP contribution in [0, 0.1) is 0 Å². The third kappa shape index (κ3) is 4.75. The molecule has 1 aliphatic rings. The lowest BCUT2D eigenvalue weighted by Gasteiger charge is -2.28. The molecule has 0 aliphatic carbocycles.